The maximum absolute atomic E-state index is 10.7. The Morgan fingerprint density at radius 2 is 1.94 bits per heavy atom. The first kappa shape index (κ1) is 12.6. The second kappa shape index (κ2) is 5.01. The molecule has 0 amide bonds. The van der Waals surface area contributed by atoms with Crippen LogP contribution in [0.1, 0.15) is 37.8 Å². The summed E-state index contributed by atoms with van der Waals surface area (Å²) in [6.45, 7) is 7.61. The first-order valence-electron chi connectivity index (χ1n) is 5.41. The summed E-state index contributed by atoms with van der Waals surface area (Å²) in [6.07, 6.45) is -0.820. The average molecular weight is 222 g/mol. The van der Waals surface area contributed by atoms with Crippen LogP contribution in [0.5, 0.6) is 5.75 Å². The van der Waals surface area contributed by atoms with Crippen molar-refractivity contribution in [3.05, 3.63) is 29.3 Å². The average Bonchev–Trinajstić information content (AvgIpc) is 2.16. The monoisotopic (exact) mass is 222 g/mol. The van der Waals surface area contributed by atoms with Gasteiger partial charge in [0.05, 0.1) is 0 Å². The lowest BCUT2D eigenvalue weighted by Gasteiger charge is -2.17. The molecule has 0 unspecified atom stereocenters. The summed E-state index contributed by atoms with van der Waals surface area (Å²) in [5.41, 5.74) is 2.11. The molecule has 0 aliphatic rings. The molecule has 1 atom stereocenters. The summed E-state index contributed by atoms with van der Waals surface area (Å²) in [5.74, 6) is 0.0395. The fourth-order valence-electron chi connectivity index (χ4n) is 1.46. The molecule has 0 heterocycles. The number of ether oxygens (including phenoxy) is 1. The predicted molar refractivity (Wildman–Crippen MR) is 63.0 cm³/mol. The third-order valence-electron chi connectivity index (χ3n) is 2.44. The highest BCUT2D eigenvalue weighted by Crippen LogP contribution is 2.28. The van der Waals surface area contributed by atoms with Gasteiger partial charge < -0.3 is 9.84 Å². The van der Waals surface area contributed by atoms with E-state index in [0.717, 1.165) is 11.1 Å². The van der Waals surface area contributed by atoms with E-state index in [4.69, 9.17) is 9.84 Å². The Labute approximate surface area is 96.1 Å². The molecule has 1 aromatic rings. The molecule has 1 rings (SSSR count). The molecule has 16 heavy (non-hydrogen) atoms. The fourth-order valence-corrected chi connectivity index (χ4v) is 1.46. The van der Waals surface area contributed by atoms with Gasteiger partial charge in [-0.15, -0.1) is 0 Å². The highest BCUT2D eigenvalue weighted by molar-refractivity contribution is 5.72. The minimum absolute atomic E-state index is 0.316. The van der Waals surface area contributed by atoms with Gasteiger partial charge >= 0.3 is 5.97 Å². The maximum Gasteiger partial charge on any atom is 0.344 e. The largest absolute Gasteiger partial charge is 0.479 e. The zero-order valence-electron chi connectivity index (χ0n) is 10.2. The molecule has 0 spiro atoms. The lowest BCUT2D eigenvalue weighted by Crippen LogP contribution is -2.23. The Hall–Kier alpha value is -1.51. The van der Waals surface area contributed by atoms with Crippen molar-refractivity contribution in [1.29, 1.82) is 0 Å². The number of carboxylic acids is 1. The minimum Gasteiger partial charge on any atom is -0.479 e. The van der Waals surface area contributed by atoms with Crippen molar-refractivity contribution in [3.63, 3.8) is 0 Å². The van der Waals surface area contributed by atoms with E-state index in [9.17, 15) is 4.79 Å². The van der Waals surface area contributed by atoms with Crippen LogP contribution in [0, 0.1) is 6.92 Å². The Morgan fingerprint density at radius 1 is 1.31 bits per heavy atom. The van der Waals surface area contributed by atoms with E-state index in [1.807, 2.05) is 25.1 Å². The van der Waals surface area contributed by atoms with E-state index >= 15 is 0 Å². The van der Waals surface area contributed by atoms with Gasteiger partial charge in [0.15, 0.2) is 6.10 Å². The Bertz CT molecular complexity index is 383. The molecule has 0 aliphatic heterocycles. The summed E-state index contributed by atoms with van der Waals surface area (Å²) in [4.78, 5) is 10.7. The van der Waals surface area contributed by atoms with Crippen LogP contribution in [0.25, 0.3) is 0 Å². The standard InChI is InChI=1S/C13H18O3/c1-8(2)11-6-5-9(3)7-12(11)16-10(4)13(14)15/h5-8,10H,1-4H3,(H,14,15)/t10-/m0/s1. The fraction of sp³-hybridized carbons (Fsp3) is 0.462. The van der Waals surface area contributed by atoms with Crippen molar-refractivity contribution in [2.24, 2.45) is 0 Å². The van der Waals surface area contributed by atoms with Crippen molar-refractivity contribution < 1.29 is 14.6 Å². The molecule has 0 aromatic heterocycles. The highest BCUT2D eigenvalue weighted by atomic mass is 16.5. The van der Waals surface area contributed by atoms with Crippen LogP contribution in [0.2, 0.25) is 0 Å². The van der Waals surface area contributed by atoms with Crippen molar-refractivity contribution >= 4 is 5.97 Å². The van der Waals surface area contributed by atoms with Crippen molar-refractivity contribution in [3.8, 4) is 5.75 Å². The lowest BCUT2D eigenvalue weighted by molar-refractivity contribution is -0.144. The van der Waals surface area contributed by atoms with Gasteiger partial charge in [0.2, 0.25) is 0 Å². The zero-order chi connectivity index (χ0) is 12.3. The summed E-state index contributed by atoms with van der Waals surface area (Å²) in [5, 5.41) is 8.82. The molecule has 0 saturated heterocycles. The molecular weight excluding hydrogens is 204 g/mol. The van der Waals surface area contributed by atoms with E-state index in [1.165, 1.54) is 6.92 Å². The number of benzene rings is 1. The predicted octanol–water partition coefficient (Wildman–Crippen LogP) is 2.97. The van der Waals surface area contributed by atoms with E-state index < -0.39 is 12.1 Å². The smallest absolute Gasteiger partial charge is 0.344 e. The molecule has 1 N–H and O–H groups in total. The van der Waals surface area contributed by atoms with E-state index in [1.54, 1.807) is 0 Å². The zero-order valence-corrected chi connectivity index (χ0v) is 10.2. The minimum atomic E-state index is -0.948. The number of aliphatic carboxylic acids is 1. The van der Waals surface area contributed by atoms with Crippen LogP contribution >= 0.6 is 0 Å². The van der Waals surface area contributed by atoms with Gasteiger partial charge in [-0.1, -0.05) is 26.0 Å². The number of rotatable bonds is 4. The Kier molecular flexibility index (Phi) is 3.93. The van der Waals surface area contributed by atoms with Crippen LogP contribution < -0.4 is 4.74 Å². The third kappa shape index (κ3) is 2.99. The Morgan fingerprint density at radius 3 is 2.44 bits per heavy atom. The number of carboxylic acid groups (broad SMARTS) is 1. The summed E-state index contributed by atoms with van der Waals surface area (Å²) >= 11 is 0. The second-order valence-electron chi connectivity index (χ2n) is 4.29. The topological polar surface area (TPSA) is 46.5 Å². The number of carbonyl (C=O) groups is 1. The van der Waals surface area contributed by atoms with Gasteiger partial charge in [0.25, 0.3) is 0 Å². The quantitative estimate of drug-likeness (QED) is 0.851. The van der Waals surface area contributed by atoms with Crippen LogP contribution in [0.3, 0.4) is 0 Å². The van der Waals surface area contributed by atoms with Crippen molar-refractivity contribution in [1.82, 2.24) is 0 Å². The van der Waals surface area contributed by atoms with Gasteiger partial charge in [-0.05, 0) is 37.0 Å². The van der Waals surface area contributed by atoms with Crippen molar-refractivity contribution in [2.45, 2.75) is 39.7 Å². The van der Waals surface area contributed by atoms with Gasteiger partial charge in [0.1, 0.15) is 5.75 Å². The molecule has 0 aliphatic carbocycles. The van der Waals surface area contributed by atoms with E-state index in [-0.39, 0.29) is 0 Å². The Balaban J connectivity index is 3.01. The summed E-state index contributed by atoms with van der Waals surface area (Å²) < 4.78 is 5.45. The second-order valence-corrected chi connectivity index (χ2v) is 4.29. The maximum atomic E-state index is 10.7. The molecule has 0 radical (unpaired) electrons. The van der Waals surface area contributed by atoms with Crippen LogP contribution in [0.15, 0.2) is 18.2 Å². The van der Waals surface area contributed by atoms with Crippen LogP contribution in [-0.2, 0) is 4.79 Å². The summed E-state index contributed by atoms with van der Waals surface area (Å²) in [6, 6.07) is 5.88. The van der Waals surface area contributed by atoms with Gasteiger partial charge in [-0.3, -0.25) is 0 Å². The molecule has 88 valence electrons. The molecular formula is C13H18O3. The molecule has 3 heteroatoms. The SMILES string of the molecule is Cc1ccc(C(C)C)c(O[C@@H](C)C(=O)O)c1. The van der Waals surface area contributed by atoms with Crippen molar-refractivity contribution in [2.75, 3.05) is 0 Å². The van der Waals surface area contributed by atoms with Gasteiger partial charge in [-0.2, -0.15) is 0 Å². The normalized spacial score (nSPS) is 12.6. The molecule has 3 nitrogen and oxygen atoms in total. The molecule has 0 bridgehead atoms. The highest BCUT2D eigenvalue weighted by Gasteiger charge is 2.16. The van der Waals surface area contributed by atoms with Crippen LogP contribution in [0.4, 0.5) is 0 Å². The van der Waals surface area contributed by atoms with Crippen LogP contribution in [-0.4, -0.2) is 17.2 Å². The molecule has 0 fully saturated rings. The summed E-state index contributed by atoms with van der Waals surface area (Å²) in [7, 11) is 0. The number of hydrogen-bond donors (Lipinski definition) is 1. The number of hydrogen-bond acceptors (Lipinski definition) is 2. The molecule has 0 saturated carbocycles. The van der Waals surface area contributed by atoms with E-state index in [0.29, 0.717) is 11.7 Å². The van der Waals surface area contributed by atoms with Gasteiger partial charge in [0, 0.05) is 0 Å². The van der Waals surface area contributed by atoms with Gasteiger partial charge in [-0.25, -0.2) is 4.79 Å². The third-order valence-corrected chi connectivity index (χ3v) is 2.44. The first-order chi connectivity index (χ1) is 7.41. The molecule has 1 aromatic carbocycles. The first-order valence-corrected chi connectivity index (χ1v) is 5.41. The number of aryl methyl sites for hydroxylation is 1. The van der Waals surface area contributed by atoms with E-state index in [2.05, 4.69) is 13.8 Å². The lowest BCUT2D eigenvalue weighted by atomic mass is 10.0.